The van der Waals surface area contributed by atoms with E-state index >= 15 is 0 Å². The van der Waals surface area contributed by atoms with Crippen molar-refractivity contribution in [3.63, 3.8) is 0 Å². The Morgan fingerprint density at radius 2 is 1.62 bits per heavy atom. The second-order valence-electron chi connectivity index (χ2n) is 7.89. The normalized spacial score (nSPS) is 15.1. The topological polar surface area (TPSA) is 105 Å². The highest BCUT2D eigenvalue weighted by molar-refractivity contribution is 5.57. The van der Waals surface area contributed by atoms with Crippen molar-refractivity contribution in [2.75, 3.05) is 19.6 Å². The molecule has 1 aliphatic rings. The molecular formula is C23H32N2O4. The monoisotopic (exact) mass is 400 g/mol. The zero-order chi connectivity index (χ0) is 20.8. The molecule has 6 N–H and O–H groups in total. The molecular weight excluding hydrogens is 368 g/mol. The van der Waals surface area contributed by atoms with Gasteiger partial charge in [-0.15, -0.1) is 0 Å². The van der Waals surface area contributed by atoms with E-state index in [0.717, 1.165) is 67.6 Å². The third kappa shape index (κ3) is 5.34. The maximum absolute atomic E-state index is 9.77. The predicted octanol–water partition coefficient (Wildman–Crippen LogP) is 3.40. The van der Waals surface area contributed by atoms with Crippen molar-refractivity contribution in [1.82, 2.24) is 10.6 Å². The molecule has 6 nitrogen and oxygen atoms in total. The van der Waals surface area contributed by atoms with Gasteiger partial charge in [0.2, 0.25) is 0 Å². The van der Waals surface area contributed by atoms with Crippen LogP contribution in [0.1, 0.15) is 54.0 Å². The van der Waals surface area contributed by atoms with Crippen LogP contribution in [0.3, 0.4) is 0 Å². The van der Waals surface area contributed by atoms with E-state index in [4.69, 9.17) is 0 Å². The Labute approximate surface area is 172 Å². The minimum atomic E-state index is -0.0784. The molecule has 0 spiro atoms. The summed E-state index contributed by atoms with van der Waals surface area (Å²) in [5.41, 5.74) is 4.08. The van der Waals surface area contributed by atoms with E-state index in [2.05, 4.69) is 10.6 Å². The number of fused-ring (bicyclic) bond motifs is 1. The molecule has 0 aliphatic heterocycles. The van der Waals surface area contributed by atoms with E-state index in [0.29, 0.717) is 0 Å². The number of phenolic OH excluding ortho intramolecular Hbond substituents is 4. The number of hydrogen-bond acceptors (Lipinski definition) is 6. The quantitative estimate of drug-likeness (QED) is 0.255. The molecule has 0 aromatic heterocycles. The molecule has 2 aromatic carbocycles. The maximum Gasteiger partial charge on any atom is 0.160 e. The van der Waals surface area contributed by atoms with Crippen LogP contribution in [0.5, 0.6) is 23.0 Å². The summed E-state index contributed by atoms with van der Waals surface area (Å²) in [6, 6.07) is 6.93. The molecule has 0 heterocycles. The number of aromatic hydroxyl groups is 4. The first-order valence-corrected chi connectivity index (χ1v) is 10.5. The summed E-state index contributed by atoms with van der Waals surface area (Å²) in [6.45, 7) is 4.65. The zero-order valence-corrected chi connectivity index (χ0v) is 17.0. The van der Waals surface area contributed by atoms with Crippen LogP contribution in [0.15, 0.2) is 24.3 Å². The fourth-order valence-corrected chi connectivity index (χ4v) is 3.89. The standard InChI is InChI=1S/C23H32N2O4/c1-15-17-13-19(18(17)14-22(28)23(15)29)25-10-5-3-2-4-9-24-11-8-16-6-7-20(26)21(27)12-16/h6-7,12,14,19,24-29H,2-5,8-11,13H2,1H3. The molecule has 29 heavy (non-hydrogen) atoms. The number of rotatable bonds is 11. The van der Waals surface area contributed by atoms with Gasteiger partial charge in [0.1, 0.15) is 0 Å². The van der Waals surface area contributed by atoms with Crippen molar-refractivity contribution >= 4 is 0 Å². The maximum atomic E-state index is 9.77. The fourth-order valence-electron chi connectivity index (χ4n) is 3.89. The van der Waals surface area contributed by atoms with Crippen LogP contribution in [0.2, 0.25) is 0 Å². The van der Waals surface area contributed by atoms with Crippen LogP contribution in [-0.2, 0) is 12.8 Å². The summed E-state index contributed by atoms with van der Waals surface area (Å²) < 4.78 is 0. The lowest BCUT2D eigenvalue weighted by Gasteiger charge is -2.33. The third-order valence-corrected chi connectivity index (χ3v) is 5.78. The highest BCUT2D eigenvalue weighted by atomic mass is 16.3. The minimum absolute atomic E-state index is 0.0111. The first-order valence-electron chi connectivity index (χ1n) is 10.5. The lowest BCUT2D eigenvalue weighted by Crippen LogP contribution is -2.32. The number of nitrogens with one attached hydrogen (secondary N) is 2. The lowest BCUT2D eigenvalue weighted by molar-refractivity contribution is 0.390. The minimum Gasteiger partial charge on any atom is -0.504 e. The van der Waals surface area contributed by atoms with E-state index in [1.165, 1.54) is 18.9 Å². The first kappa shape index (κ1) is 21.3. The average molecular weight is 401 g/mol. The lowest BCUT2D eigenvalue weighted by atomic mass is 9.79. The molecule has 0 radical (unpaired) electrons. The second kappa shape index (κ2) is 9.85. The van der Waals surface area contributed by atoms with E-state index in [-0.39, 0.29) is 29.0 Å². The molecule has 0 saturated carbocycles. The Bertz CT molecular complexity index is 838. The Kier molecular flexibility index (Phi) is 7.23. The van der Waals surface area contributed by atoms with Crippen molar-refractivity contribution in [3.05, 3.63) is 46.5 Å². The fraction of sp³-hybridized carbons (Fsp3) is 0.478. The molecule has 1 atom stereocenters. The van der Waals surface area contributed by atoms with Gasteiger partial charge >= 0.3 is 0 Å². The van der Waals surface area contributed by atoms with Crippen molar-refractivity contribution in [3.8, 4) is 23.0 Å². The molecule has 2 aromatic rings. The number of unbranched alkanes of at least 4 members (excludes halogenated alkanes) is 3. The van der Waals surface area contributed by atoms with Crippen LogP contribution in [0.25, 0.3) is 0 Å². The van der Waals surface area contributed by atoms with Crippen molar-refractivity contribution < 1.29 is 20.4 Å². The van der Waals surface area contributed by atoms with Crippen LogP contribution in [0.4, 0.5) is 0 Å². The smallest absolute Gasteiger partial charge is 0.160 e. The van der Waals surface area contributed by atoms with Gasteiger partial charge in [-0.05, 0) is 92.7 Å². The van der Waals surface area contributed by atoms with E-state index in [1.807, 2.05) is 13.0 Å². The largest absolute Gasteiger partial charge is 0.504 e. The Morgan fingerprint density at radius 1 is 0.862 bits per heavy atom. The van der Waals surface area contributed by atoms with Crippen LogP contribution in [-0.4, -0.2) is 40.1 Å². The molecule has 1 unspecified atom stereocenters. The SMILES string of the molecule is Cc1c(O)c(O)cc2c1CC2NCCCCCCNCCc1ccc(O)c(O)c1. The number of benzene rings is 2. The van der Waals surface area contributed by atoms with E-state index in [1.54, 1.807) is 12.1 Å². The van der Waals surface area contributed by atoms with Crippen molar-refractivity contribution in [1.29, 1.82) is 0 Å². The third-order valence-electron chi connectivity index (χ3n) is 5.78. The Morgan fingerprint density at radius 3 is 2.38 bits per heavy atom. The van der Waals surface area contributed by atoms with Gasteiger partial charge in [-0.2, -0.15) is 0 Å². The van der Waals surface area contributed by atoms with Gasteiger partial charge in [0.15, 0.2) is 23.0 Å². The number of hydrogen-bond donors (Lipinski definition) is 6. The van der Waals surface area contributed by atoms with Gasteiger partial charge < -0.3 is 31.1 Å². The summed E-state index contributed by atoms with van der Waals surface area (Å²) in [5.74, 6) is -0.156. The predicted molar refractivity (Wildman–Crippen MR) is 114 cm³/mol. The average Bonchev–Trinajstić information content (AvgIpc) is 2.69. The van der Waals surface area contributed by atoms with Gasteiger partial charge in [-0.1, -0.05) is 18.9 Å². The molecule has 0 amide bonds. The van der Waals surface area contributed by atoms with Crippen molar-refractivity contribution in [2.24, 2.45) is 0 Å². The van der Waals surface area contributed by atoms with Gasteiger partial charge in [0.25, 0.3) is 0 Å². The van der Waals surface area contributed by atoms with Gasteiger partial charge in [-0.3, -0.25) is 0 Å². The summed E-state index contributed by atoms with van der Waals surface area (Å²) in [5, 5.41) is 45.3. The van der Waals surface area contributed by atoms with Crippen molar-refractivity contribution in [2.45, 2.75) is 51.5 Å². The molecule has 6 heteroatoms. The van der Waals surface area contributed by atoms with Gasteiger partial charge in [0, 0.05) is 6.04 Å². The van der Waals surface area contributed by atoms with Crippen LogP contribution in [0, 0.1) is 6.92 Å². The van der Waals surface area contributed by atoms with Gasteiger partial charge in [0.05, 0.1) is 0 Å². The molecule has 0 saturated heterocycles. The van der Waals surface area contributed by atoms with Crippen LogP contribution >= 0.6 is 0 Å². The summed E-state index contributed by atoms with van der Waals surface area (Å²) in [7, 11) is 0. The van der Waals surface area contributed by atoms with Gasteiger partial charge in [-0.25, -0.2) is 0 Å². The van der Waals surface area contributed by atoms with E-state index in [9.17, 15) is 20.4 Å². The zero-order valence-electron chi connectivity index (χ0n) is 17.0. The highest BCUT2D eigenvalue weighted by Crippen LogP contribution is 2.43. The highest BCUT2D eigenvalue weighted by Gasteiger charge is 2.29. The first-order chi connectivity index (χ1) is 14.0. The second-order valence-corrected chi connectivity index (χ2v) is 7.89. The summed E-state index contributed by atoms with van der Waals surface area (Å²) >= 11 is 0. The Balaban J connectivity index is 1.20. The molecule has 3 rings (SSSR count). The Hall–Kier alpha value is -2.44. The number of phenols is 4. The van der Waals surface area contributed by atoms with E-state index < -0.39 is 0 Å². The molecule has 0 bridgehead atoms. The van der Waals surface area contributed by atoms with Crippen LogP contribution < -0.4 is 10.6 Å². The molecule has 1 aliphatic carbocycles. The summed E-state index contributed by atoms with van der Waals surface area (Å²) in [4.78, 5) is 0. The molecule has 0 fully saturated rings. The summed E-state index contributed by atoms with van der Waals surface area (Å²) in [6.07, 6.45) is 6.37. The molecule has 158 valence electrons.